The van der Waals surface area contributed by atoms with Gasteiger partial charge in [-0.3, -0.25) is 0 Å². The summed E-state index contributed by atoms with van der Waals surface area (Å²) < 4.78 is 28.1. The van der Waals surface area contributed by atoms with E-state index in [0.29, 0.717) is 5.71 Å². The first-order valence-corrected chi connectivity index (χ1v) is 9.20. The van der Waals surface area contributed by atoms with Crippen molar-refractivity contribution >= 4 is 46.5 Å². The van der Waals surface area contributed by atoms with Crippen molar-refractivity contribution in [1.82, 2.24) is 14.9 Å². The Kier molecular flexibility index (Phi) is 4.18. The molecule has 1 aliphatic heterocycles. The monoisotopic (exact) mass is 394 g/mol. The van der Waals surface area contributed by atoms with E-state index in [0.717, 1.165) is 20.0 Å². The van der Waals surface area contributed by atoms with Crippen LogP contribution in [0, 0.1) is 0 Å². The zero-order chi connectivity index (χ0) is 17.4. The first kappa shape index (κ1) is 16.4. The molecule has 3 aromatic rings. The standard InChI is InChI=1S/C16H9ClF2N4S2/c17-16(18,19)14-20-21-15-23(14)22-13(10-5-2-1-3-6-10)12(25-15)9-11-7-4-8-24-11/h1-9H. The zero-order valence-corrected chi connectivity index (χ0v) is 14.8. The fourth-order valence-electron chi connectivity index (χ4n) is 2.29. The smallest absolute Gasteiger partial charge is 0.183 e. The molecule has 126 valence electrons. The number of nitrogens with zero attached hydrogens (tertiary/aromatic N) is 4. The average molecular weight is 395 g/mol. The fraction of sp³-hybridized carbons (Fsp3) is 0.0625. The van der Waals surface area contributed by atoms with Crippen molar-refractivity contribution in [2.45, 2.75) is 10.5 Å². The number of halogens is 3. The quantitative estimate of drug-likeness (QED) is 0.585. The van der Waals surface area contributed by atoms with Gasteiger partial charge >= 0.3 is 5.38 Å². The topological polar surface area (TPSA) is 43.1 Å². The molecule has 0 N–H and O–H groups in total. The van der Waals surface area contributed by atoms with E-state index >= 15 is 0 Å². The van der Waals surface area contributed by atoms with E-state index in [-0.39, 0.29) is 5.16 Å². The van der Waals surface area contributed by atoms with Gasteiger partial charge in [0.05, 0.1) is 0 Å². The summed E-state index contributed by atoms with van der Waals surface area (Å²) in [7, 11) is 0. The molecule has 1 aliphatic rings. The molecule has 0 saturated heterocycles. The number of benzene rings is 1. The van der Waals surface area contributed by atoms with Crippen LogP contribution in [0.4, 0.5) is 8.78 Å². The molecule has 4 rings (SSSR count). The molecule has 2 aromatic heterocycles. The summed E-state index contributed by atoms with van der Waals surface area (Å²) in [5.74, 6) is -0.694. The molecule has 1 aromatic carbocycles. The maximum atomic E-state index is 13.6. The molecule has 0 unspecified atom stereocenters. The SMILES string of the molecule is FC(F)(Cl)c1nnc2n1N=C(c1ccccc1)C(=Cc1cccs1)S2. The normalized spacial score (nSPS) is 16.0. The van der Waals surface area contributed by atoms with E-state index in [4.69, 9.17) is 11.6 Å². The number of alkyl halides is 3. The molecule has 4 nitrogen and oxygen atoms in total. The number of allylic oxidation sites excluding steroid dienone is 1. The van der Waals surface area contributed by atoms with E-state index in [1.54, 1.807) is 11.3 Å². The van der Waals surface area contributed by atoms with E-state index < -0.39 is 11.2 Å². The molecule has 0 fully saturated rings. The Morgan fingerprint density at radius 2 is 1.88 bits per heavy atom. The van der Waals surface area contributed by atoms with Crippen molar-refractivity contribution in [2.75, 3.05) is 0 Å². The number of rotatable bonds is 3. The van der Waals surface area contributed by atoms with Crippen molar-refractivity contribution in [3.05, 3.63) is 69.0 Å². The Morgan fingerprint density at radius 1 is 1.08 bits per heavy atom. The Morgan fingerprint density at radius 3 is 2.56 bits per heavy atom. The van der Waals surface area contributed by atoms with Crippen LogP contribution in [0.2, 0.25) is 0 Å². The van der Waals surface area contributed by atoms with Crippen LogP contribution in [-0.2, 0) is 5.38 Å². The summed E-state index contributed by atoms with van der Waals surface area (Å²) in [5.41, 5.74) is 1.37. The van der Waals surface area contributed by atoms with Crippen molar-refractivity contribution in [3.8, 4) is 0 Å². The summed E-state index contributed by atoms with van der Waals surface area (Å²) in [4.78, 5) is 1.83. The van der Waals surface area contributed by atoms with Crippen LogP contribution in [0.5, 0.6) is 0 Å². The minimum Gasteiger partial charge on any atom is -0.183 e. The van der Waals surface area contributed by atoms with E-state index in [1.165, 1.54) is 11.8 Å². The fourth-order valence-corrected chi connectivity index (χ4v) is 4.07. The van der Waals surface area contributed by atoms with Crippen LogP contribution in [0.3, 0.4) is 0 Å². The molecule has 0 spiro atoms. The van der Waals surface area contributed by atoms with Crippen LogP contribution in [0.25, 0.3) is 6.08 Å². The predicted molar refractivity (Wildman–Crippen MR) is 96.3 cm³/mol. The Hall–Kier alpha value is -2.03. The lowest BCUT2D eigenvalue weighted by Crippen LogP contribution is -2.17. The van der Waals surface area contributed by atoms with Crippen molar-refractivity contribution in [2.24, 2.45) is 5.10 Å². The van der Waals surface area contributed by atoms with Gasteiger partial charge in [-0.1, -0.05) is 36.4 Å². The maximum Gasteiger partial charge on any atom is 0.383 e. The molecule has 25 heavy (non-hydrogen) atoms. The third kappa shape index (κ3) is 3.24. The number of fused-ring (bicyclic) bond motifs is 1. The van der Waals surface area contributed by atoms with Gasteiger partial charge in [0.2, 0.25) is 11.0 Å². The van der Waals surface area contributed by atoms with Gasteiger partial charge in [-0.25, -0.2) is 0 Å². The highest BCUT2D eigenvalue weighted by Crippen LogP contribution is 2.39. The highest BCUT2D eigenvalue weighted by Gasteiger charge is 2.38. The Balaban J connectivity index is 1.89. The van der Waals surface area contributed by atoms with Crippen LogP contribution in [0.15, 0.2) is 63.0 Å². The van der Waals surface area contributed by atoms with Gasteiger partial charge in [-0.2, -0.15) is 18.6 Å². The average Bonchev–Trinajstić information content (AvgIpc) is 3.23. The molecule has 9 heteroatoms. The van der Waals surface area contributed by atoms with Crippen molar-refractivity contribution in [3.63, 3.8) is 0 Å². The van der Waals surface area contributed by atoms with Gasteiger partial charge in [-0.05, 0) is 40.9 Å². The third-order valence-electron chi connectivity index (χ3n) is 3.36. The molecule has 0 amide bonds. The highest BCUT2D eigenvalue weighted by atomic mass is 35.5. The van der Waals surface area contributed by atoms with E-state index in [1.807, 2.05) is 53.9 Å². The van der Waals surface area contributed by atoms with Gasteiger partial charge in [0, 0.05) is 15.3 Å². The van der Waals surface area contributed by atoms with Crippen LogP contribution in [0.1, 0.15) is 16.3 Å². The molecule has 0 aliphatic carbocycles. The number of aromatic nitrogens is 3. The largest absolute Gasteiger partial charge is 0.383 e. The zero-order valence-electron chi connectivity index (χ0n) is 12.4. The van der Waals surface area contributed by atoms with Crippen molar-refractivity contribution < 1.29 is 8.78 Å². The summed E-state index contributed by atoms with van der Waals surface area (Å²) in [6, 6.07) is 13.3. The molecular formula is C16H9ClF2N4S2. The summed E-state index contributed by atoms with van der Waals surface area (Å²) in [5, 5.41) is 10.2. The molecule has 0 bridgehead atoms. The molecule has 0 radical (unpaired) electrons. The second-order valence-electron chi connectivity index (χ2n) is 5.06. The van der Waals surface area contributed by atoms with Crippen LogP contribution >= 0.6 is 34.7 Å². The lowest BCUT2D eigenvalue weighted by Gasteiger charge is -2.17. The Labute approximate surface area is 154 Å². The minimum atomic E-state index is -3.65. The van der Waals surface area contributed by atoms with Gasteiger partial charge in [0.1, 0.15) is 5.71 Å². The first-order valence-electron chi connectivity index (χ1n) is 7.13. The number of hydrogen-bond acceptors (Lipinski definition) is 5. The second-order valence-corrected chi connectivity index (χ2v) is 7.52. The third-order valence-corrected chi connectivity index (χ3v) is 5.32. The number of hydrogen-bond donors (Lipinski definition) is 0. The van der Waals surface area contributed by atoms with Gasteiger partial charge in [0.25, 0.3) is 0 Å². The first-order chi connectivity index (χ1) is 12.0. The maximum absolute atomic E-state index is 13.6. The van der Waals surface area contributed by atoms with E-state index in [9.17, 15) is 8.78 Å². The van der Waals surface area contributed by atoms with Crippen LogP contribution < -0.4 is 0 Å². The molecular weight excluding hydrogens is 386 g/mol. The van der Waals surface area contributed by atoms with Crippen LogP contribution in [-0.4, -0.2) is 20.6 Å². The lowest BCUT2D eigenvalue weighted by atomic mass is 10.1. The summed E-state index contributed by atoms with van der Waals surface area (Å²) in [6.07, 6.45) is 1.96. The number of thioether (sulfide) groups is 1. The summed E-state index contributed by atoms with van der Waals surface area (Å²) in [6.45, 7) is 0. The van der Waals surface area contributed by atoms with Gasteiger partial charge in [0.15, 0.2) is 0 Å². The van der Waals surface area contributed by atoms with Crippen molar-refractivity contribution in [1.29, 1.82) is 0 Å². The van der Waals surface area contributed by atoms with Gasteiger partial charge < -0.3 is 0 Å². The second kappa shape index (κ2) is 6.36. The Bertz CT molecular complexity index is 960. The predicted octanol–water partition coefficient (Wildman–Crippen LogP) is 5.03. The number of thiophene rings is 1. The molecule has 0 atom stereocenters. The van der Waals surface area contributed by atoms with E-state index in [2.05, 4.69) is 15.3 Å². The van der Waals surface area contributed by atoms with Gasteiger partial charge in [-0.15, -0.1) is 21.5 Å². The molecule has 3 heterocycles. The highest BCUT2D eigenvalue weighted by molar-refractivity contribution is 8.04. The summed E-state index contributed by atoms with van der Waals surface area (Å²) >= 11 is 7.94. The molecule has 0 saturated carbocycles. The lowest BCUT2D eigenvalue weighted by molar-refractivity contribution is 0.0799. The minimum absolute atomic E-state index is 0.248.